The van der Waals surface area contributed by atoms with Crippen molar-refractivity contribution in [2.75, 3.05) is 56.7 Å². The van der Waals surface area contributed by atoms with Gasteiger partial charge in [-0.25, -0.2) is 0 Å². The van der Waals surface area contributed by atoms with Crippen LogP contribution in [0.1, 0.15) is 29.2 Å². The van der Waals surface area contributed by atoms with Crippen LogP contribution < -0.4 is 15.5 Å². The van der Waals surface area contributed by atoms with Crippen LogP contribution >= 0.6 is 11.6 Å². The van der Waals surface area contributed by atoms with Gasteiger partial charge in [0.1, 0.15) is 0 Å². The largest absolute Gasteiger partial charge is 0.379 e. The number of benzene rings is 2. The van der Waals surface area contributed by atoms with Crippen LogP contribution in [0.25, 0.3) is 0 Å². The van der Waals surface area contributed by atoms with Gasteiger partial charge in [-0.1, -0.05) is 29.8 Å². The smallest absolute Gasteiger partial charge is 0.313 e. The van der Waals surface area contributed by atoms with E-state index in [2.05, 4.69) is 45.7 Å². The Bertz CT molecular complexity index is 1020. The van der Waals surface area contributed by atoms with E-state index in [0.717, 1.165) is 43.6 Å². The zero-order chi connectivity index (χ0) is 23.4. The number of aryl methyl sites for hydroxylation is 1. The van der Waals surface area contributed by atoms with E-state index in [9.17, 15) is 9.59 Å². The molecular formula is C25H31ClN4O3. The molecule has 2 aromatic rings. The Balaban J connectivity index is 1.47. The lowest BCUT2D eigenvalue weighted by atomic mass is 9.95. The maximum atomic E-state index is 12.6. The summed E-state index contributed by atoms with van der Waals surface area (Å²) in [5.41, 5.74) is 5.01. The molecule has 1 atom stereocenters. The maximum Gasteiger partial charge on any atom is 0.313 e. The number of carbonyl (C=O) groups is 2. The fraction of sp³-hybridized carbons (Fsp3) is 0.440. The van der Waals surface area contributed by atoms with Crippen LogP contribution in [0.2, 0.25) is 5.02 Å². The van der Waals surface area contributed by atoms with Crippen LogP contribution in [-0.2, 0) is 20.7 Å². The second-order valence-corrected chi connectivity index (χ2v) is 9.06. The molecule has 33 heavy (non-hydrogen) atoms. The lowest BCUT2D eigenvalue weighted by Gasteiger charge is -2.36. The van der Waals surface area contributed by atoms with Gasteiger partial charge in [0.15, 0.2) is 0 Å². The first kappa shape index (κ1) is 23.5. The lowest BCUT2D eigenvalue weighted by Crippen LogP contribution is -2.45. The third-order valence-corrected chi connectivity index (χ3v) is 6.91. The summed E-state index contributed by atoms with van der Waals surface area (Å²) in [4.78, 5) is 29.8. The monoisotopic (exact) mass is 470 g/mol. The van der Waals surface area contributed by atoms with Crippen molar-refractivity contribution in [3.63, 3.8) is 0 Å². The molecule has 0 aliphatic carbocycles. The molecule has 2 aliphatic heterocycles. The average molecular weight is 471 g/mol. The van der Waals surface area contributed by atoms with Gasteiger partial charge >= 0.3 is 11.8 Å². The number of anilines is 2. The normalized spacial score (nSPS) is 17.2. The number of ether oxygens (including phenoxy) is 1. The highest BCUT2D eigenvalue weighted by Crippen LogP contribution is 2.31. The molecule has 0 saturated carbocycles. The number of hydrogen-bond acceptors (Lipinski definition) is 5. The predicted molar refractivity (Wildman–Crippen MR) is 131 cm³/mol. The Morgan fingerprint density at radius 1 is 1.12 bits per heavy atom. The summed E-state index contributed by atoms with van der Waals surface area (Å²) >= 11 is 6.12. The highest BCUT2D eigenvalue weighted by Gasteiger charge is 2.26. The van der Waals surface area contributed by atoms with E-state index < -0.39 is 11.8 Å². The summed E-state index contributed by atoms with van der Waals surface area (Å²) in [6.07, 6.45) is 2.19. The summed E-state index contributed by atoms with van der Waals surface area (Å²) < 4.78 is 5.53. The number of halogens is 1. The Hall–Kier alpha value is -2.61. The van der Waals surface area contributed by atoms with E-state index in [4.69, 9.17) is 16.3 Å². The predicted octanol–water partition coefficient (Wildman–Crippen LogP) is 3.16. The molecule has 7 nitrogen and oxygen atoms in total. The van der Waals surface area contributed by atoms with Crippen LogP contribution in [0, 0.1) is 6.92 Å². The molecule has 2 heterocycles. The van der Waals surface area contributed by atoms with Crippen molar-refractivity contribution in [2.45, 2.75) is 25.8 Å². The Morgan fingerprint density at radius 3 is 2.70 bits per heavy atom. The molecule has 0 bridgehead atoms. The first-order chi connectivity index (χ1) is 15.9. The van der Waals surface area contributed by atoms with Crippen molar-refractivity contribution >= 4 is 34.8 Å². The van der Waals surface area contributed by atoms with Crippen LogP contribution in [0.4, 0.5) is 11.4 Å². The zero-order valence-corrected chi connectivity index (χ0v) is 20.0. The number of morpholine rings is 1. The lowest BCUT2D eigenvalue weighted by molar-refractivity contribution is -0.136. The fourth-order valence-electron chi connectivity index (χ4n) is 4.55. The Morgan fingerprint density at radius 2 is 1.91 bits per heavy atom. The van der Waals surface area contributed by atoms with Gasteiger partial charge in [0.2, 0.25) is 0 Å². The summed E-state index contributed by atoms with van der Waals surface area (Å²) in [6, 6.07) is 11.8. The number of nitrogens with one attached hydrogen (secondary N) is 2. The molecule has 8 heteroatoms. The first-order valence-corrected chi connectivity index (χ1v) is 11.8. The molecule has 2 aromatic carbocycles. The first-order valence-electron chi connectivity index (χ1n) is 11.4. The second kappa shape index (κ2) is 10.5. The van der Waals surface area contributed by atoms with Crippen molar-refractivity contribution in [1.29, 1.82) is 0 Å². The van der Waals surface area contributed by atoms with Crippen molar-refractivity contribution in [3.8, 4) is 0 Å². The molecular weight excluding hydrogens is 440 g/mol. The van der Waals surface area contributed by atoms with Gasteiger partial charge in [-0.05, 0) is 54.7 Å². The minimum Gasteiger partial charge on any atom is -0.379 e. The highest BCUT2D eigenvalue weighted by atomic mass is 35.5. The Kier molecular flexibility index (Phi) is 7.53. The van der Waals surface area contributed by atoms with Crippen molar-refractivity contribution < 1.29 is 14.3 Å². The minimum absolute atomic E-state index is 0.0314. The van der Waals surface area contributed by atoms with Crippen LogP contribution in [-0.4, -0.2) is 63.2 Å². The summed E-state index contributed by atoms with van der Waals surface area (Å²) in [7, 11) is 2.12. The van der Waals surface area contributed by atoms with Gasteiger partial charge in [-0.15, -0.1) is 0 Å². The zero-order valence-electron chi connectivity index (χ0n) is 19.2. The molecule has 2 aliphatic rings. The van der Waals surface area contributed by atoms with Gasteiger partial charge in [0, 0.05) is 49.6 Å². The van der Waals surface area contributed by atoms with Crippen LogP contribution in [0.3, 0.4) is 0 Å². The standard InChI is InChI=1S/C25H31ClN4O3/c1-17-20(26)6-3-7-21(17)28-25(32)24(31)27-16-23(30-11-13-33-14-12-30)19-8-9-22-18(15-19)5-4-10-29(22)2/h3,6-9,15,23H,4-5,10-14,16H2,1-2H3,(H,27,31)(H,28,32)/t23-/m1/s1. The topological polar surface area (TPSA) is 73.9 Å². The summed E-state index contributed by atoms with van der Waals surface area (Å²) in [5.74, 6) is -1.36. The summed E-state index contributed by atoms with van der Waals surface area (Å²) in [6.45, 7) is 6.10. The molecule has 2 N–H and O–H groups in total. The van der Waals surface area contributed by atoms with Gasteiger partial charge in [-0.2, -0.15) is 0 Å². The van der Waals surface area contributed by atoms with E-state index in [-0.39, 0.29) is 6.04 Å². The van der Waals surface area contributed by atoms with Gasteiger partial charge in [0.25, 0.3) is 0 Å². The molecule has 2 amide bonds. The molecule has 1 saturated heterocycles. The molecule has 0 spiro atoms. The quantitative estimate of drug-likeness (QED) is 0.657. The maximum absolute atomic E-state index is 12.6. The minimum atomic E-state index is -0.701. The number of amides is 2. The molecule has 176 valence electrons. The molecule has 0 aromatic heterocycles. The number of nitrogens with zero attached hydrogens (tertiary/aromatic N) is 2. The van der Waals surface area contributed by atoms with E-state index in [1.165, 1.54) is 11.3 Å². The summed E-state index contributed by atoms with van der Waals surface area (Å²) in [5, 5.41) is 6.05. The van der Waals surface area contributed by atoms with Crippen LogP contribution in [0.5, 0.6) is 0 Å². The third-order valence-electron chi connectivity index (χ3n) is 6.50. The number of fused-ring (bicyclic) bond motifs is 1. The van der Waals surface area contributed by atoms with E-state index in [1.54, 1.807) is 25.1 Å². The fourth-order valence-corrected chi connectivity index (χ4v) is 4.73. The third kappa shape index (κ3) is 5.49. The molecule has 1 fully saturated rings. The van der Waals surface area contributed by atoms with E-state index in [1.807, 2.05) is 0 Å². The van der Waals surface area contributed by atoms with E-state index in [0.29, 0.717) is 30.5 Å². The van der Waals surface area contributed by atoms with Crippen molar-refractivity contribution in [3.05, 3.63) is 58.1 Å². The molecule has 4 rings (SSSR count). The van der Waals surface area contributed by atoms with Gasteiger partial charge < -0.3 is 20.3 Å². The van der Waals surface area contributed by atoms with Crippen LogP contribution in [0.15, 0.2) is 36.4 Å². The molecule has 0 radical (unpaired) electrons. The molecule has 0 unspecified atom stereocenters. The van der Waals surface area contributed by atoms with Crippen molar-refractivity contribution in [1.82, 2.24) is 10.2 Å². The Labute approximate surface area is 200 Å². The van der Waals surface area contributed by atoms with Gasteiger partial charge in [0.05, 0.1) is 19.3 Å². The van der Waals surface area contributed by atoms with Gasteiger partial charge in [-0.3, -0.25) is 14.5 Å². The second-order valence-electron chi connectivity index (χ2n) is 8.65. The SMILES string of the molecule is Cc1c(Cl)cccc1NC(=O)C(=O)NC[C@H](c1ccc2c(c1)CCCN2C)N1CCOCC1. The number of rotatable bonds is 5. The number of hydrogen-bond donors (Lipinski definition) is 2. The number of carbonyl (C=O) groups excluding carboxylic acids is 2. The van der Waals surface area contributed by atoms with E-state index >= 15 is 0 Å². The van der Waals surface area contributed by atoms with Crippen molar-refractivity contribution in [2.24, 2.45) is 0 Å². The average Bonchev–Trinajstić information content (AvgIpc) is 2.83. The highest BCUT2D eigenvalue weighted by molar-refractivity contribution is 6.40.